The Morgan fingerprint density at radius 3 is 2.67 bits per heavy atom. The van der Waals surface area contributed by atoms with Gasteiger partial charge in [-0.15, -0.1) is 11.3 Å². The summed E-state index contributed by atoms with van der Waals surface area (Å²) in [6, 6.07) is 3.80. The molecular formula is C14H13ClFNO3S. The molecule has 1 amide bonds. The van der Waals surface area contributed by atoms with E-state index in [1.165, 1.54) is 23.1 Å². The maximum atomic E-state index is 13.2. The molecule has 1 N–H and O–H groups in total. The molecule has 0 radical (unpaired) electrons. The minimum absolute atomic E-state index is 0.229. The van der Waals surface area contributed by atoms with Crippen molar-refractivity contribution in [1.82, 2.24) is 4.90 Å². The lowest BCUT2D eigenvalue weighted by molar-refractivity contribution is -0.138. The smallest absolute Gasteiger partial charge is 0.323 e. The van der Waals surface area contributed by atoms with Gasteiger partial charge in [-0.2, -0.15) is 0 Å². The molecule has 0 aliphatic carbocycles. The third-order valence-electron chi connectivity index (χ3n) is 2.98. The number of carboxylic acid groups (broad SMARTS) is 1. The lowest BCUT2D eigenvalue weighted by atomic mass is 10.2. The van der Waals surface area contributed by atoms with Crippen molar-refractivity contribution in [3.8, 4) is 0 Å². The molecule has 112 valence electrons. The van der Waals surface area contributed by atoms with E-state index in [9.17, 15) is 14.0 Å². The zero-order valence-electron chi connectivity index (χ0n) is 11.4. The van der Waals surface area contributed by atoms with Gasteiger partial charge < -0.3 is 10.0 Å². The maximum Gasteiger partial charge on any atom is 0.323 e. The van der Waals surface area contributed by atoms with Gasteiger partial charge in [-0.1, -0.05) is 11.6 Å². The van der Waals surface area contributed by atoms with E-state index >= 15 is 0 Å². The fourth-order valence-corrected chi connectivity index (χ4v) is 3.43. The number of benzene rings is 1. The Morgan fingerprint density at radius 1 is 1.43 bits per heavy atom. The first-order valence-corrected chi connectivity index (χ1v) is 7.41. The number of fused-ring (bicyclic) bond motifs is 1. The molecule has 0 spiro atoms. The molecule has 0 saturated heterocycles. The van der Waals surface area contributed by atoms with Gasteiger partial charge in [0.05, 0.1) is 5.02 Å². The minimum Gasteiger partial charge on any atom is -0.480 e. The molecular weight excluding hydrogens is 317 g/mol. The Labute approximate surface area is 129 Å². The first-order valence-electron chi connectivity index (χ1n) is 6.21. The molecule has 0 aliphatic rings. The summed E-state index contributed by atoms with van der Waals surface area (Å²) in [6.45, 7) is 3.04. The highest BCUT2D eigenvalue weighted by Crippen LogP contribution is 2.36. The summed E-state index contributed by atoms with van der Waals surface area (Å²) in [5, 5.41) is 9.72. The summed E-state index contributed by atoms with van der Waals surface area (Å²) in [5.74, 6) is -1.97. The number of amides is 1. The Bertz CT molecular complexity index is 714. The quantitative estimate of drug-likeness (QED) is 0.931. The first-order chi connectivity index (χ1) is 9.81. The van der Waals surface area contributed by atoms with Crippen molar-refractivity contribution in [3.05, 3.63) is 33.9 Å². The molecule has 0 atom stereocenters. The third kappa shape index (κ3) is 3.16. The van der Waals surface area contributed by atoms with Crippen molar-refractivity contribution >= 4 is 44.9 Å². The number of aliphatic carboxylic acids is 1. The minimum atomic E-state index is -1.10. The zero-order valence-corrected chi connectivity index (χ0v) is 13.0. The lowest BCUT2D eigenvalue weighted by Crippen LogP contribution is -2.40. The Hall–Kier alpha value is -1.66. The Balaban J connectivity index is 2.46. The van der Waals surface area contributed by atoms with Gasteiger partial charge in [0.2, 0.25) is 0 Å². The van der Waals surface area contributed by atoms with E-state index in [1.807, 2.05) is 0 Å². The van der Waals surface area contributed by atoms with Crippen LogP contribution in [0.1, 0.15) is 23.5 Å². The summed E-state index contributed by atoms with van der Waals surface area (Å²) in [5.41, 5.74) is 0. The molecule has 0 aliphatic heterocycles. The number of carboxylic acids is 1. The molecule has 1 heterocycles. The fourth-order valence-electron chi connectivity index (χ4n) is 1.94. The van der Waals surface area contributed by atoms with E-state index < -0.39 is 24.2 Å². The van der Waals surface area contributed by atoms with E-state index in [-0.39, 0.29) is 15.9 Å². The normalized spacial score (nSPS) is 11.1. The van der Waals surface area contributed by atoms with Crippen LogP contribution < -0.4 is 0 Å². The number of carbonyl (C=O) groups is 2. The van der Waals surface area contributed by atoms with Crippen LogP contribution in [-0.2, 0) is 4.79 Å². The molecule has 21 heavy (non-hydrogen) atoms. The van der Waals surface area contributed by atoms with Gasteiger partial charge in [-0.05, 0) is 32.0 Å². The monoisotopic (exact) mass is 329 g/mol. The standard InChI is InChI=1S/C14H13ClFNO3S/c1-7(2)17(6-11(18)19)14(20)13-12(15)9-4-3-8(16)5-10(9)21-13/h3-5,7H,6H2,1-2H3,(H,18,19). The van der Waals surface area contributed by atoms with Crippen molar-refractivity contribution in [1.29, 1.82) is 0 Å². The fraction of sp³-hybridized carbons (Fsp3) is 0.286. The Morgan fingerprint density at radius 2 is 2.10 bits per heavy atom. The van der Waals surface area contributed by atoms with Crippen molar-refractivity contribution < 1.29 is 19.1 Å². The van der Waals surface area contributed by atoms with Crippen LogP contribution in [0.15, 0.2) is 18.2 Å². The van der Waals surface area contributed by atoms with Gasteiger partial charge in [0.15, 0.2) is 0 Å². The van der Waals surface area contributed by atoms with Crippen LogP contribution in [0, 0.1) is 5.82 Å². The van der Waals surface area contributed by atoms with Crippen LogP contribution in [0.25, 0.3) is 10.1 Å². The van der Waals surface area contributed by atoms with Gasteiger partial charge in [0.1, 0.15) is 17.2 Å². The molecule has 4 nitrogen and oxygen atoms in total. The summed E-state index contributed by atoms with van der Waals surface area (Å²) in [6.07, 6.45) is 0. The van der Waals surface area contributed by atoms with Gasteiger partial charge in [-0.3, -0.25) is 9.59 Å². The van der Waals surface area contributed by atoms with Gasteiger partial charge in [-0.25, -0.2) is 4.39 Å². The van der Waals surface area contributed by atoms with Gasteiger partial charge >= 0.3 is 5.97 Å². The predicted octanol–water partition coefficient (Wildman–Crippen LogP) is 3.63. The van der Waals surface area contributed by atoms with Crippen LogP contribution in [0.5, 0.6) is 0 Å². The Kier molecular flexibility index (Phi) is 4.49. The molecule has 0 saturated carbocycles. The van der Waals surface area contributed by atoms with Crippen molar-refractivity contribution in [2.45, 2.75) is 19.9 Å². The van der Waals surface area contributed by atoms with Gasteiger partial charge in [0, 0.05) is 16.1 Å². The second kappa shape index (κ2) is 5.99. The van der Waals surface area contributed by atoms with Crippen molar-refractivity contribution in [2.75, 3.05) is 6.54 Å². The van der Waals surface area contributed by atoms with E-state index in [0.717, 1.165) is 11.3 Å². The van der Waals surface area contributed by atoms with E-state index in [4.69, 9.17) is 16.7 Å². The molecule has 1 aromatic heterocycles. The van der Waals surface area contributed by atoms with Crippen LogP contribution in [-0.4, -0.2) is 34.5 Å². The first kappa shape index (κ1) is 15.7. The van der Waals surface area contributed by atoms with Gasteiger partial charge in [0.25, 0.3) is 5.91 Å². The summed E-state index contributed by atoms with van der Waals surface area (Å²) in [7, 11) is 0. The number of hydrogen-bond donors (Lipinski definition) is 1. The SMILES string of the molecule is CC(C)N(CC(=O)O)C(=O)c1sc2cc(F)ccc2c1Cl. The number of carbonyl (C=O) groups excluding carboxylic acids is 1. The highest BCUT2D eigenvalue weighted by atomic mass is 35.5. The molecule has 2 rings (SSSR count). The third-order valence-corrected chi connectivity index (χ3v) is 4.62. The van der Waals surface area contributed by atoms with Crippen LogP contribution in [0.3, 0.4) is 0 Å². The number of thiophene rings is 1. The average molecular weight is 330 g/mol. The largest absolute Gasteiger partial charge is 0.480 e. The zero-order chi connectivity index (χ0) is 15.7. The number of rotatable bonds is 4. The number of hydrogen-bond acceptors (Lipinski definition) is 3. The van der Waals surface area contributed by atoms with Crippen LogP contribution in [0.4, 0.5) is 4.39 Å². The molecule has 2 aromatic rings. The second-order valence-electron chi connectivity index (χ2n) is 4.81. The average Bonchev–Trinajstić information content (AvgIpc) is 2.71. The van der Waals surface area contributed by atoms with Crippen LogP contribution >= 0.6 is 22.9 Å². The summed E-state index contributed by atoms with van der Waals surface area (Å²) >= 11 is 7.25. The van der Waals surface area contributed by atoms with Crippen molar-refractivity contribution in [2.24, 2.45) is 0 Å². The number of nitrogens with zero attached hydrogens (tertiary/aromatic N) is 1. The lowest BCUT2D eigenvalue weighted by Gasteiger charge is -2.24. The number of halogens is 2. The molecule has 0 fully saturated rings. The van der Waals surface area contributed by atoms with Crippen LogP contribution in [0.2, 0.25) is 5.02 Å². The molecule has 0 unspecified atom stereocenters. The highest BCUT2D eigenvalue weighted by molar-refractivity contribution is 7.21. The van der Waals surface area contributed by atoms with E-state index in [0.29, 0.717) is 10.1 Å². The predicted molar refractivity (Wildman–Crippen MR) is 80.6 cm³/mol. The van der Waals surface area contributed by atoms with Crippen molar-refractivity contribution in [3.63, 3.8) is 0 Å². The highest BCUT2D eigenvalue weighted by Gasteiger charge is 2.26. The topological polar surface area (TPSA) is 57.6 Å². The molecule has 0 bridgehead atoms. The van der Waals surface area contributed by atoms with E-state index in [2.05, 4.69) is 0 Å². The van der Waals surface area contributed by atoms with E-state index in [1.54, 1.807) is 13.8 Å². The summed E-state index contributed by atoms with van der Waals surface area (Å²) in [4.78, 5) is 24.8. The maximum absolute atomic E-state index is 13.2. The molecule has 7 heteroatoms. The second-order valence-corrected chi connectivity index (χ2v) is 6.24. The molecule has 1 aromatic carbocycles. The summed E-state index contributed by atoms with van der Waals surface area (Å²) < 4.78 is 13.8.